The molecule has 1 aliphatic rings. The van der Waals surface area contributed by atoms with Gasteiger partial charge in [-0.3, -0.25) is 4.99 Å². The number of aliphatic imine (C=N–C) groups is 1. The van der Waals surface area contributed by atoms with Crippen molar-refractivity contribution in [2.75, 3.05) is 40.5 Å². The number of halogens is 1. The van der Waals surface area contributed by atoms with Crippen molar-refractivity contribution in [3.63, 3.8) is 0 Å². The minimum atomic E-state index is 0. The largest absolute Gasteiger partial charge is 0.497 e. The maximum atomic E-state index is 5.66. The number of benzene rings is 2. The van der Waals surface area contributed by atoms with E-state index < -0.39 is 0 Å². The molecule has 7 heteroatoms. The van der Waals surface area contributed by atoms with Gasteiger partial charge in [-0.15, -0.1) is 35.7 Å². The molecule has 0 aliphatic carbocycles. The van der Waals surface area contributed by atoms with Crippen LogP contribution in [0.5, 0.6) is 5.75 Å². The van der Waals surface area contributed by atoms with Gasteiger partial charge in [-0.25, -0.2) is 0 Å². The van der Waals surface area contributed by atoms with Crippen molar-refractivity contribution in [2.24, 2.45) is 4.99 Å². The maximum Gasteiger partial charge on any atom is 0.191 e. The summed E-state index contributed by atoms with van der Waals surface area (Å²) < 4.78 is 11.0. The van der Waals surface area contributed by atoms with Gasteiger partial charge in [0, 0.05) is 48.9 Å². The predicted octanol–water partition coefficient (Wildman–Crippen LogP) is 4.71. The normalized spacial score (nSPS) is 16.7. The molecule has 2 aromatic rings. The highest BCUT2D eigenvalue weighted by molar-refractivity contribution is 14.0. The van der Waals surface area contributed by atoms with Gasteiger partial charge in [0.1, 0.15) is 5.75 Å². The third-order valence-corrected chi connectivity index (χ3v) is 6.72. The van der Waals surface area contributed by atoms with Gasteiger partial charge in [0.15, 0.2) is 5.96 Å². The van der Waals surface area contributed by atoms with Crippen molar-refractivity contribution < 1.29 is 9.47 Å². The van der Waals surface area contributed by atoms with E-state index in [1.807, 2.05) is 37.0 Å². The molecule has 1 heterocycles. The van der Waals surface area contributed by atoms with Crippen LogP contribution in [0.2, 0.25) is 0 Å². The number of rotatable bonds is 8. The lowest BCUT2D eigenvalue weighted by atomic mass is 9.74. The van der Waals surface area contributed by atoms with Crippen molar-refractivity contribution in [1.29, 1.82) is 0 Å². The van der Waals surface area contributed by atoms with E-state index in [-0.39, 0.29) is 29.4 Å². The summed E-state index contributed by atoms with van der Waals surface area (Å²) in [6.07, 6.45) is 1.98. The molecule has 5 nitrogen and oxygen atoms in total. The van der Waals surface area contributed by atoms with E-state index >= 15 is 0 Å². The summed E-state index contributed by atoms with van der Waals surface area (Å²) in [7, 11) is 3.53. The van der Waals surface area contributed by atoms with E-state index in [0.717, 1.165) is 50.9 Å². The van der Waals surface area contributed by atoms with Gasteiger partial charge in [0.25, 0.3) is 0 Å². The minimum absolute atomic E-state index is 0. The fourth-order valence-corrected chi connectivity index (χ4v) is 4.71. The maximum absolute atomic E-state index is 5.66. The molecule has 0 aromatic heterocycles. The van der Waals surface area contributed by atoms with Gasteiger partial charge in [-0.05, 0) is 42.7 Å². The Morgan fingerprint density at radius 3 is 2.39 bits per heavy atom. The molecule has 1 unspecified atom stereocenters. The topological polar surface area (TPSA) is 54.9 Å². The van der Waals surface area contributed by atoms with Gasteiger partial charge in [0.2, 0.25) is 0 Å². The summed E-state index contributed by atoms with van der Waals surface area (Å²) in [5.74, 6) is 1.73. The predicted molar refractivity (Wildman–Crippen MR) is 141 cm³/mol. The van der Waals surface area contributed by atoms with Gasteiger partial charge < -0.3 is 20.1 Å². The smallest absolute Gasteiger partial charge is 0.191 e. The van der Waals surface area contributed by atoms with Crippen LogP contribution >= 0.6 is 35.7 Å². The van der Waals surface area contributed by atoms with Crippen LogP contribution in [-0.2, 0) is 10.2 Å². The van der Waals surface area contributed by atoms with Crippen LogP contribution in [0.3, 0.4) is 0 Å². The first kappa shape index (κ1) is 25.8. The molecule has 1 fully saturated rings. The minimum Gasteiger partial charge on any atom is -0.497 e. The van der Waals surface area contributed by atoms with E-state index in [9.17, 15) is 0 Å². The number of ether oxygens (including phenoxy) is 2. The van der Waals surface area contributed by atoms with Crippen molar-refractivity contribution in [1.82, 2.24) is 10.6 Å². The highest BCUT2D eigenvalue weighted by Gasteiger charge is 2.34. The molecule has 0 amide bonds. The molecule has 0 spiro atoms. The molecule has 0 radical (unpaired) electrons. The van der Waals surface area contributed by atoms with E-state index in [1.165, 1.54) is 10.5 Å². The first-order valence-corrected chi connectivity index (χ1v) is 11.4. The lowest BCUT2D eigenvalue weighted by Gasteiger charge is -2.38. The average molecular weight is 556 g/mol. The van der Waals surface area contributed by atoms with Crippen LogP contribution in [0.1, 0.15) is 25.3 Å². The Morgan fingerprint density at radius 1 is 1.10 bits per heavy atom. The highest BCUT2D eigenvalue weighted by Crippen LogP contribution is 2.35. The molecule has 3 rings (SSSR count). The Bertz CT molecular complexity index is 796. The van der Waals surface area contributed by atoms with Crippen LogP contribution < -0.4 is 15.4 Å². The van der Waals surface area contributed by atoms with Gasteiger partial charge in [-0.2, -0.15) is 0 Å². The molecule has 0 saturated carbocycles. The van der Waals surface area contributed by atoms with Crippen molar-refractivity contribution >= 4 is 41.7 Å². The number of guanidine groups is 1. The fraction of sp³-hybridized carbons (Fsp3) is 0.458. The molecule has 0 bridgehead atoms. The molecule has 1 saturated heterocycles. The average Bonchev–Trinajstić information content (AvgIpc) is 2.80. The number of nitrogens with one attached hydrogen (secondary N) is 2. The number of nitrogens with zero attached hydrogens (tertiary/aromatic N) is 1. The van der Waals surface area contributed by atoms with Crippen LogP contribution in [0.15, 0.2) is 64.5 Å². The zero-order chi connectivity index (χ0) is 21.2. The Labute approximate surface area is 207 Å². The Kier molecular flexibility index (Phi) is 11.0. The third kappa shape index (κ3) is 7.57. The lowest BCUT2D eigenvalue weighted by molar-refractivity contribution is 0.0513. The van der Waals surface area contributed by atoms with Crippen molar-refractivity contribution in [3.8, 4) is 5.75 Å². The summed E-state index contributed by atoms with van der Waals surface area (Å²) in [6, 6.07) is 19.0. The van der Waals surface area contributed by atoms with E-state index in [1.54, 1.807) is 7.11 Å². The number of thioether (sulfide) groups is 1. The van der Waals surface area contributed by atoms with Crippen LogP contribution in [0, 0.1) is 0 Å². The molecular formula is C24H34IN3O2S. The monoisotopic (exact) mass is 555 g/mol. The molecule has 1 atom stereocenters. The van der Waals surface area contributed by atoms with Crippen LogP contribution in [-0.4, -0.2) is 51.7 Å². The molecule has 2 aromatic carbocycles. The first-order valence-electron chi connectivity index (χ1n) is 10.5. The standard InChI is InChI=1S/C24H33N3O2S.HI/c1-19(30-22-7-5-4-6-8-22)17-26-23(25-2)27-18-24(13-15-29-16-14-24)20-9-11-21(28-3)12-10-20;/h4-12,19H,13-18H2,1-3H3,(H2,25,26,27);1H. The first-order chi connectivity index (χ1) is 14.6. The summed E-state index contributed by atoms with van der Waals surface area (Å²) in [4.78, 5) is 5.72. The Hall–Kier alpha value is -1.45. The second-order valence-corrected chi connectivity index (χ2v) is 9.18. The zero-order valence-electron chi connectivity index (χ0n) is 18.6. The number of hydrogen-bond donors (Lipinski definition) is 2. The van der Waals surface area contributed by atoms with Crippen LogP contribution in [0.4, 0.5) is 0 Å². The van der Waals surface area contributed by atoms with Gasteiger partial charge in [0.05, 0.1) is 7.11 Å². The summed E-state index contributed by atoms with van der Waals surface area (Å²) in [6.45, 7) is 5.46. The van der Waals surface area contributed by atoms with Crippen molar-refractivity contribution in [2.45, 2.75) is 35.3 Å². The summed E-state index contributed by atoms with van der Waals surface area (Å²) >= 11 is 1.87. The third-order valence-electron chi connectivity index (χ3n) is 5.61. The lowest BCUT2D eigenvalue weighted by Crippen LogP contribution is -2.48. The Balaban J connectivity index is 0.00000341. The number of hydrogen-bond acceptors (Lipinski definition) is 4. The summed E-state index contributed by atoms with van der Waals surface area (Å²) in [5.41, 5.74) is 1.36. The highest BCUT2D eigenvalue weighted by atomic mass is 127. The van der Waals surface area contributed by atoms with Gasteiger partial charge >= 0.3 is 0 Å². The van der Waals surface area contributed by atoms with E-state index in [0.29, 0.717) is 5.25 Å². The quantitative estimate of drug-likeness (QED) is 0.214. The van der Waals surface area contributed by atoms with E-state index in [2.05, 4.69) is 58.9 Å². The summed E-state index contributed by atoms with van der Waals surface area (Å²) in [5, 5.41) is 7.49. The van der Waals surface area contributed by atoms with E-state index in [4.69, 9.17) is 9.47 Å². The fourth-order valence-electron chi connectivity index (χ4n) is 3.76. The molecular weight excluding hydrogens is 521 g/mol. The molecule has 31 heavy (non-hydrogen) atoms. The molecule has 1 aliphatic heterocycles. The van der Waals surface area contributed by atoms with Gasteiger partial charge in [-0.1, -0.05) is 37.3 Å². The SMILES string of the molecule is CN=C(NCC(C)Sc1ccccc1)NCC1(c2ccc(OC)cc2)CCOCC1.I. The number of methoxy groups -OCH3 is 1. The van der Waals surface area contributed by atoms with Crippen LogP contribution in [0.25, 0.3) is 0 Å². The zero-order valence-corrected chi connectivity index (χ0v) is 21.7. The Morgan fingerprint density at radius 2 is 1.77 bits per heavy atom. The van der Waals surface area contributed by atoms with Crippen molar-refractivity contribution in [3.05, 3.63) is 60.2 Å². The molecule has 2 N–H and O–H groups in total. The second kappa shape index (κ2) is 13.2. The second-order valence-electron chi connectivity index (χ2n) is 7.67. The molecule has 170 valence electrons.